The van der Waals surface area contributed by atoms with Gasteiger partial charge in [-0.05, 0) is 31.4 Å². The van der Waals surface area contributed by atoms with E-state index < -0.39 is 0 Å². The minimum absolute atomic E-state index is 0.244. The van der Waals surface area contributed by atoms with Crippen molar-refractivity contribution in [3.63, 3.8) is 0 Å². The van der Waals surface area contributed by atoms with E-state index in [2.05, 4.69) is 9.97 Å². The zero-order valence-electron chi connectivity index (χ0n) is 8.60. The molecule has 0 saturated carbocycles. The highest BCUT2D eigenvalue weighted by atomic mass is 16.4. The summed E-state index contributed by atoms with van der Waals surface area (Å²) >= 11 is 0. The Kier molecular flexibility index (Phi) is 2.67. The first-order valence-electron chi connectivity index (χ1n) is 4.86. The molecule has 0 atom stereocenters. The van der Waals surface area contributed by atoms with Gasteiger partial charge < -0.3 is 10.2 Å². The number of aryl methyl sites for hydroxylation is 3. The summed E-state index contributed by atoms with van der Waals surface area (Å²) in [5, 5.41) is 0. The highest BCUT2D eigenvalue weighted by Gasteiger charge is 2.06. The Labute approximate surface area is 88.2 Å². The minimum Gasteiger partial charge on any atom is -0.429 e. The van der Waals surface area contributed by atoms with Crippen molar-refractivity contribution in [3.8, 4) is 0 Å². The molecule has 0 saturated heterocycles. The Hall–Kier alpha value is -1.84. The van der Waals surface area contributed by atoms with Crippen LogP contribution in [0.2, 0.25) is 0 Å². The first-order valence-corrected chi connectivity index (χ1v) is 4.86. The van der Waals surface area contributed by atoms with Gasteiger partial charge in [-0.3, -0.25) is 4.98 Å². The van der Waals surface area contributed by atoms with E-state index in [1.807, 2.05) is 25.3 Å². The van der Waals surface area contributed by atoms with E-state index in [4.69, 9.17) is 10.2 Å². The van der Waals surface area contributed by atoms with Crippen LogP contribution in [0.1, 0.15) is 17.0 Å². The second kappa shape index (κ2) is 4.13. The molecule has 2 heterocycles. The van der Waals surface area contributed by atoms with Crippen LogP contribution in [-0.2, 0) is 12.8 Å². The number of nitrogens with zero attached hydrogens (tertiary/aromatic N) is 2. The molecule has 0 spiro atoms. The Balaban J connectivity index is 2.02. The Bertz CT molecular complexity index is 436. The van der Waals surface area contributed by atoms with Crippen molar-refractivity contribution in [3.05, 3.63) is 41.5 Å². The molecule has 0 aromatic carbocycles. The number of hydrogen-bond donors (Lipinski definition) is 1. The average molecular weight is 203 g/mol. The van der Waals surface area contributed by atoms with E-state index in [1.54, 1.807) is 6.20 Å². The fraction of sp³-hybridized carbons (Fsp3) is 0.273. The van der Waals surface area contributed by atoms with E-state index in [-0.39, 0.29) is 6.01 Å². The topological polar surface area (TPSA) is 64.9 Å². The molecule has 15 heavy (non-hydrogen) atoms. The molecule has 4 nitrogen and oxygen atoms in total. The number of anilines is 1. The van der Waals surface area contributed by atoms with Crippen LogP contribution in [0.5, 0.6) is 0 Å². The van der Waals surface area contributed by atoms with Crippen LogP contribution in [-0.4, -0.2) is 9.97 Å². The van der Waals surface area contributed by atoms with Crippen molar-refractivity contribution in [2.45, 2.75) is 19.8 Å². The van der Waals surface area contributed by atoms with Crippen molar-refractivity contribution in [1.82, 2.24) is 9.97 Å². The van der Waals surface area contributed by atoms with Crippen LogP contribution in [0.15, 0.2) is 28.9 Å². The highest BCUT2D eigenvalue weighted by Crippen LogP contribution is 2.13. The monoisotopic (exact) mass is 203 g/mol. The number of nitrogens with two attached hydrogens (primary N) is 1. The van der Waals surface area contributed by atoms with Gasteiger partial charge in [0.25, 0.3) is 6.01 Å². The number of rotatable bonds is 3. The lowest BCUT2D eigenvalue weighted by Gasteiger charge is -1.97. The third-order valence-corrected chi connectivity index (χ3v) is 2.28. The SMILES string of the molecule is Cc1oc(N)nc1CCc1cccnc1. The summed E-state index contributed by atoms with van der Waals surface area (Å²) in [5.41, 5.74) is 7.58. The van der Waals surface area contributed by atoms with Crippen molar-refractivity contribution in [2.75, 3.05) is 5.73 Å². The third-order valence-electron chi connectivity index (χ3n) is 2.28. The van der Waals surface area contributed by atoms with Gasteiger partial charge in [0.05, 0.1) is 5.69 Å². The molecule has 2 N–H and O–H groups in total. The summed E-state index contributed by atoms with van der Waals surface area (Å²) in [5.74, 6) is 0.802. The van der Waals surface area contributed by atoms with Gasteiger partial charge >= 0.3 is 0 Å². The van der Waals surface area contributed by atoms with Crippen LogP contribution in [0.4, 0.5) is 6.01 Å². The summed E-state index contributed by atoms with van der Waals surface area (Å²) in [4.78, 5) is 8.17. The van der Waals surface area contributed by atoms with Crippen LogP contribution in [0.3, 0.4) is 0 Å². The molecule has 4 heteroatoms. The first-order chi connectivity index (χ1) is 7.25. The van der Waals surface area contributed by atoms with E-state index >= 15 is 0 Å². The van der Waals surface area contributed by atoms with E-state index in [0.717, 1.165) is 24.3 Å². The number of aromatic nitrogens is 2. The largest absolute Gasteiger partial charge is 0.429 e. The smallest absolute Gasteiger partial charge is 0.292 e. The molecule has 2 rings (SSSR count). The lowest BCUT2D eigenvalue weighted by Crippen LogP contribution is -1.94. The Morgan fingerprint density at radius 1 is 1.40 bits per heavy atom. The summed E-state index contributed by atoms with van der Waals surface area (Å²) in [6.45, 7) is 1.88. The van der Waals surface area contributed by atoms with Gasteiger partial charge in [-0.25, -0.2) is 0 Å². The maximum Gasteiger partial charge on any atom is 0.292 e. The summed E-state index contributed by atoms with van der Waals surface area (Å²) in [6, 6.07) is 4.22. The van der Waals surface area contributed by atoms with Gasteiger partial charge in [0.2, 0.25) is 0 Å². The predicted octanol–water partition coefficient (Wildman–Crippen LogP) is 1.75. The van der Waals surface area contributed by atoms with Crippen LogP contribution >= 0.6 is 0 Å². The Morgan fingerprint density at radius 3 is 2.87 bits per heavy atom. The second-order valence-corrected chi connectivity index (χ2v) is 3.42. The summed E-state index contributed by atoms with van der Waals surface area (Å²) in [6.07, 6.45) is 5.36. The van der Waals surface area contributed by atoms with Crippen LogP contribution in [0.25, 0.3) is 0 Å². The average Bonchev–Trinajstić information content (AvgIpc) is 2.56. The molecular weight excluding hydrogens is 190 g/mol. The van der Waals surface area contributed by atoms with Gasteiger partial charge in [0.1, 0.15) is 5.76 Å². The van der Waals surface area contributed by atoms with Gasteiger partial charge in [-0.1, -0.05) is 6.07 Å². The molecule has 0 radical (unpaired) electrons. The zero-order valence-corrected chi connectivity index (χ0v) is 8.60. The minimum atomic E-state index is 0.244. The van der Waals surface area contributed by atoms with Gasteiger partial charge in [-0.2, -0.15) is 4.98 Å². The molecule has 0 aliphatic rings. The fourth-order valence-electron chi connectivity index (χ4n) is 1.49. The summed E-state index contributed by atoms with van der Waals surface area (Å²) in [7, 11) is 0. The maximum absolute atomic E-state index is 5.46. The van der Waals surface area contributed by atoms with Gasteiger partial charge in [0, 0.05) is 12.4 Å². The van der Waals surface area contributed by atoms with Crippen LogP contribution < -0.4 is 5.73 Å². The molecule has 0 amide bonds. The molecular formula is C11H13N3O. The Morgan fingerprint density at radius 2 is 2.27 bits per heavy atom. The van der Waals surface area contributed by atoms with E-state index in [9.17, 15) is 0 Å². The fourth-order valence-corrected chi connectivity index (χ4v) is 1.49. The molecule has 0 fully saturated rings. The number of oxazole rings is 1. The lowest BCUT2D eigenvalue weighted by atomic mass is 10.1. The normalized spacial score (nSPS) is 10.5. The summed E-state index contributed by atoms with van der Waals surface area (Å²) < 4.78 is 5.15. The molecule has 78 valence electrons. The molecule has 0 unspecified atom stereocenters. The second-order valence-electron chi connectivity index (χ2n) is 3.42. The molecule has 0 bridgehead atoms. The standard InChI is InChI=1S/C11H13N3O/c1-8-10(14-11(12)15-8)5-4-9-3-2-6-13-7-9/h2-3,6-7H,4-5H2,1H3,(H2,12,14). The van der Waals surface area contributed by atoms with Gasteiger partial charge in [-0.15, -0.1) is 0 Å². The number of hydrogen-bond acceptors (Lipinski definition) is 4. The highest BCUT2D eigenvalue weighted by molar-refractivity contribution is 5.20. The van der Waals surface area contributed by atoms with Gasteiger partial charge in [0.15, 0.2) is 0 Å². The van der Waals surface area contributed by atoms with Crippen LogP contribution in [0, 0.1) is 6.92 Å². The molecule has 0 aliphatic carbocycles. The number of nitrogen functional groups attached to an aromatic ring is 1. The van der Waals surface area contributed by atoms with E-state index in [1.165, 1.54) is 5.56 Å². The lowest BCUT2D eigenvalue weighted by molar-refractivity contribution is 0.544. The van der Waals surface area contributed by atoms with Crippen molar-refractivity contribution in [2.24, 2.45) is 0 Å². The first kappa shape index (κ1) is 9.71. The van der Waals surface area contributed by atoms with Crippen molar-refractivity contribution in [1.29, 1.82) is 0 Å². The zero-order chi connectivity index (χ0) is 10.7. The van der Waals surface area contributed by atoms with E-state index in [0.29, 0.717) is 0 Å². The van der Waals surface area contributed by atoms with Crippen molar-refractivity contribution < 1.29 is 4.42 Å². The van der Waals surface area contributed by atoms with Crippen molar-refractivity contribution >= 4 is 6.01 Å². The molecule has 2 aromatic heterocycles. The molecule has 0 aliphatic heterocycles. The quantitative estimate of drug-likeness (QED) is 0.825. The maximum atomic E-state index is 5.46. The third kappa shape index (κ3) is 2.34. The number of pyridine rings is 1. The predicted molar refractivity (Wildman–Crippen MR) is 57.3 cm³/mol. The molecule has 2 aromatic rings.